The molecule has 3 aliphatic rings. The summed E-state index contributed by atoms with van der Waals surface area (Å²) in [6, 6.07) is 4.59. The lowest BCUT2D eigenvalue weighted by molar-refractivity contribution is -0.128. The van der Waals surface area contributed by atoms with Crippen molar-refractivity contribution in [3.63, 3.8) is 0 Å². The summed E-state index contributed by atoms with van der Waals surface area (Å²) < 4.78 is 11.7. The number of carbonyl (C=O) groups excluding carboxylic acids is 1. The lowest BCUT2D eigenvalue weighted by Crippen LogP contribution is -2.46. The highest BCUT2D eigenvalue weighted by Crippen LogP contribution is 2.34. The molecule has 4 rings (SSSR count). The second-order valence-corrected chi connectivity index (χ2v) is 7.62. The molecule has 0 radical (unpaired) electrons. The van der Waals surface area contributed by atoms with Gasteiger partial charge in [-0.1, -0.05) is 6.07 Å². The third-order valence-electron chi connectivity index (χ3n) is 5.97. The van der Waals surface area contributed by atoms with Crippen LogP contribution in [0, 0.1) is 0 Å². The monoisotopic (exact) mass is 344 g/mol. The molecule has 5 nitrogen and oxygen atoms in total. The molecule has 0 atom stereocenters. The van der Waals surface area contributed by atoms with Crippen LogP contribution in [0.5, 0.6) is 5.75 Å². The lowest BCUT2D eigenvalue weighted by atomic mass is 9.87. The number of ether oxygens (including phenoxy) is 2. The molecule has 136 valence electrons. The molecule has 1 spiro atoms. The van der Waals surface area contributed by atoms with Gasteiger partial charge in [0.1, 0.15) is 5.75 Å². The fourth-order valence-electron chi connectivity index (χ4n) is 4.51. The first-order valence-electron chi connectivity index (χ1n) is 9.49. The second-order valence-electron chi connectivity index (χ2n) is 7.62. The summed E-state index contributed by atoms with van der Waals surface area (Å²) in [5, 5.41) is 2.91. The molecular weight excluding hydrogens is 316 g/mol. The van der Waals surface area contributed by atoms with Crippen LogP contribution in [-0.4, -0.2) is 49.8 Å². The Labute approximate surface area is 149 Å². The Hall–Kier alpha value is -1.59. The number of hydrogen-bond acceptors (Lipinski definition) is 4. The van der Waals surface area contributed by atoms with Crippen LogP contribution in [0.25, 0.3) is 0 Å². The Kier molecular flexibility index (Phi) is 4.69. The molecule has 5 heteroatoms. The van der Waals surface area contributed by atoms with Crippen molar-refractivity contribution in [3.05, 3.63) is 28.8 Å². The van der Waals surface area contributed by atoms with E-state index < -0.39 is 0 Å². The average molecular weight is 344 g/mol. The van der Waals surface area contributed by atoms with Crippen LogP contribution in [0.15, 0.2) is 12.1 Å². The molecule has 0 aromatic heterocycles. The summed E-state index contributed by atoms with van der Waals surface area (Å²) in [6.07, 6.45) is 5.98. The number of nitrogens with zero attached hydrogens (tertiary/aromatic N) is 1. The summed E-state index contributed by atoms with van der Waals surface area (Å²) in [4.78, 5) is 14.4. The fraction of sp³-hybridized carbons (Fsp3) is 0.650. The number of piperidine rings is 1. The molecule has 0 bridgehead atoms. The maximum Gasteiger partial charge on any atom is 0.222 e. The first-order valence-corrected chi connectivity index (χ1v) is 9.49. The van der Waals surface area contributed by atoms with Crippen molar-refractivity contribution in [1.29, 1.82) is 0 Å². The van der Waals surface area contributed by atoms with E-state index in [-0.39, 0.29) is 11.5 Å². The van der Waals surface area contributed by atoms with Crippen molar-refractivity contribution in [3.8, 4) is 5.75 Å². The van der Waals surface area contributed by atoms with Gasteiger partial charge in [-0.05, 0) is 49.3 Å². The molecule has 2 saturated heterocycles. The maximum atomic E-state index is 11.9. The number of benzene rings is 1. The molecule has 2 aliphatic heterocycles. The van der Waals surface area contributed by atoms with Crippen molar-refractivity contribution in [2.75, 3.05) is 33.4 Å². The van der Waals surface area contributed by atoms with E-state index in [4.69, 9.17) is 9.47 Å². The first-order chi connectivity index (χ1) is 12.2. The summed E-state index contributed by atoms with van der Waals surface area (Å²) in [5.41, 5.74) is 3.99. The molecule has 0 saturated carbocycles. The smallest absolute Gasteiger partial charge is 0.222 e. The summed E-state index contributed by atoms with van der Waals surface area (Å²) in [7, 11) is 1.77. The molecule has 1 N–H and O–H groups in total. The minimum absolute atomic E-state index is 0.131. The van der Waals surface area contributed by atoms with Crippen LogP contribution in [0.3, 0.4) is 0 Å². The van der Waals surface area contributed by atoms with Gasteiger partial charge in [-0.15, -0.1) is 0 Å². The van der Waals surface area contributed by atoms with Crippen molar-refractivity contribution in [2.24, 2.45) is 0 Å². The predicted molar refractivity (Wildman–Crippen MR) is 95.8 cm³/mol. The van der Waals surface area contributed by atoms with Gasteiger partial charge < -0.3 is 14.8 Å². The first kappa shape index (κ1) is 16.9. The highest BCUT2D eigenvalue weighted by atomic mass is 16.5. The Morgan fingerprint density at radius 2 is 2.00 bits per heavy atom. The van der Waals surface area contributed by atoms with Gasteiger partial charge in [0.25, 0.3) is 0 Å². The summed E-state index contributed by atoms with van der Waals surface area (Å²) in [5.74, 6) is 1.15. The van der Waals surface area contributed by atoms with Crippen molar-refractivity contribution in [2.45, 2.75) is 50.7 Å². The highest BCUT2D eigenvalue weighted by Gasteiger charge is 2.38. The van der Waals surface area contributed by atoms with E-state index >= 15 is 0 Å². The number of likely N-dealkylation sites (tertiary alicyclic amines) is 1. The zero-order valence-corrected chi connectivity index (χ0v) is 15.1. The van der Waals surface area contributed by atoms with Gasteiger partial charge in [-0.2, -0.15) is 0 Å². The predicted octanol–water partition coefficient (Wildman–Crippen LogP) is 2.05. The van der Waals surface area contributed by atoms with E-state index in [9.17, 15) is 4.79 Å². The number of methoxy groups -OCH3 is 1. The Bertz CT molecular complexity index is 651. The standard InChI is InChI=1S/C20H28N2O3/c1-24-18-12-16-4-2-3-15(16)11-17(18)14-22-8-5-20(6-9-22)13-19(23)21-7-10-25-20/h11-12H,2-10,13-14H2,1H3,(H,21,23). The van der Waals surface area contributed by atoms with E-state index in [1.807, 2.05) is 0 Å². The highest BCUT2D eigenvalue weighted by molar-refractivity contribution is 5.77. The van der Waals surface area contributed by atoms with Gasteiger partial charge in [0.15, 0.2) is 0 Å². The van der Waals surface area contributed by atoms with Gasteiger partial charge in [0.05, 0.1) is 25.7 Å². The minimum Gasteiger partial charge on any atom is -0.496 e. The van der Waals surface area contributed by atoms with Crippen LogP contribution >= 0.6 is 0 Å². The Balaban J connectivity index is 1.43. The maximum absolute atomic E-state index is 11.9. The van der Waals surface area contributed by atoms with Gasteiger partial charge in [0.2, 0.25) is 5.91 Å². The number of fused-ring (bicyclic) bond motifs is 1. The van der Waals surface area contributed by atoms with Gasteiger partial charge in [-0.25, -0.2) is 0 Å². The van der Waals surface area contributed by atoms with E-state index in [1.165, 1.54) is 36.0 Å². The molecule has 2 fully saturated rings. The average Bonchev–Trinajstić information content (AvgIpc) is 2.99. The normalized spacial score (nSPS) is 23.2. The van der Waals surface area contributed by atoms with Crippen LogP contribution < -0.4 is 10.1 Å². The van der Waals surface area contributed by atoms with E-state index in [2.05, 4.69) is 22.3 Å². The topological polar surface area (TPSA) is 50.8 Å². The Morgan fingerprint density at radius 3 is 2.76 bits per heavy atom. The Morgan fingerprint density at radius 1 is 1.24 bits per heavy atom. The van der Waals surface area contributed by atoms with E-state index in [0.29, 0.717) is 19.6 Å². The molecular formula is C20H28N2O3. The minimum atomic E-state index is -0.251. The largest absolute Gasteiger partial charge is 0.496 e. The number of carbonyl (C=O) groups is 1. The quantitative estimate of drug-likeness (QED) is 0.912. The third-order valence-corrected chi connectivity index (χ3v) is 5.97. The molecule has 0 unspecified atom stereocenters. The third kappa shape index (κ3) is 3.53. The second kappa shape index (κ2) is 6.96. The van der Waals surface area contributed by atoms with Gasteiger partial charge in [-0.3, -0.25) is 9.69 Å². The number of rotatable bonds is 3. The lowest BCUT2D eigenvalue weighted by Gasteiger charge is -2.40. The molecule has 2 heterocycles. The molecule has 25 heavy (non-hydrogen) atoms. The van der Waals surface area contributed by atoms with Crippen LogP contribution in [0.1, 0.15) is 42.4 Å². The van der Waals surface area contributed by atoms with E-state index in [0.717, 1.165) is 38.2 Å². The zero-order chi connectivity index (χ0) is 17.3. The molecule has 1 aromatic rings. The number of aryl methyl sites for hydroxylation is 2. The number of nitrogens with one attached hydrogen (secondary N) is 1. The van der Waals surface area contributed by atoms with Crippen LogP contribution in [0.2, 0.25) is 0 Å². The molecule has 1 aromatic carbocycles. The molecule has 1 aliphatic carbocycles. The van der Waals surface area contributed by atoms with Gasteiger partial charge in [0, 0.05) is 31.7 Å². The number of amides is 1. The van der Waals surface area contributed by atoms with Crippen molar-refractivity contribution >= 4 is 5.91 Å². The summed E-state index contributed by atoms with van der Waals surface area (Å²) >= 11 is 0. The van der Waals surface area contributed by atoms with Crippen LogP contribution in [-0.2, 0) is 28.9 Å². The summed E-state index contributed by atoms with van der Waals surface area (Å²) in [6.45, 7) is 4.11. The van der Waals surface area contributed by atoms with Crippen molar-refractivity contribution < 1.29 is 14.3 Å². The van der Waals surface area contributed by atoms with Crippen molar-refractivity contribution in [1.82, 2.24) is 10.2 Å². The fourth-order valence-corrected chi connectivity index (χ4v) is 4.51. The number of hydrogen-bond donors (Lipinski definition) is 1. The SMILES string of the molecule is COc1cc2c(cc1CN1CCC3(CC1)CC(=O)NCCO3)CCC2. The van der Waals surface area contributed by atoms with Crippen LogP contribution in [0.4, 0.5) is 0 Å². The molecule has 1 amide bonds. The van der Waals surface area contributed by atoms with E-state index in [1.54, 1.807) is 7.11 Å². The van der Waals surface area contributed by atoms with Gasteiger partial charge >= 0.3 is 0 Å². The zero-order valence-electron chi connectivity index (χ0n) is 15.1.